The number of nitrogens with zero attached hydrogens (tertiary/aromatic N) is 4. The first-order chi connectivity index (χ1) is 9.61. The van der Waals surface area contributed by atoms with Gasteiger partial charge in [-0.25, -0.2) is 4.68 Å². The first-order valence-corrected chi connectivity index (χ1v) is 6.65. The second-order valence-electron chi connectivity index (χ2n) is 4.86. The number of carboxylic acid groups (broad SMARTS) is 1. The average molecular weight is 282 g/mol. The second-order valence-corrected chi connectivity index (χ2v) is 4.86. The molecule has 0 atom stereocenters. The Morgan fingerprint density at radius 1 is 1.45 bits per heavy atom. The van der Waals surface area contributed by atoms with Gasteiger partial charge in [0.2, 0.25) is 0 Å². The van der Waals surface area contributed by atoms with Crippen LogP contribution in [0.3, 0.4) is 0 Å². The highest BCUT2D eigenvalue weighted by Crippen LogP contribution is 2.26. The Balaban J connectivity index is 2.05. The summed E-state index contributed by atoms with van der Waals surface area (Å²) in [6, 6.07) is 0.193. The fourth-order valence-corrected chi connectivity index (χ4v) is 2.15. The number of carboxylic acids is 1. The lowest BCUT2D eigenvalue weighted by Gasteiger charge is -2.37. The van der Waals surface area contributed by atoms with Gasteiger partial charge in [0.25, 0.3) is 5.91 Å². The molecule has 1 saturated carbocycles. The molecule has 0 saturated heterocycles. The van der Waals surface area contributed by atoms with Crippen LogP contribution in [0.15, 0.2) is 6.20 Å². The van der Waals surface area contributed by atoms with Gasteiger partial charge >= 0.3 is 5.97 Å². The summed E-state index contributed by atoms with van der Waals surface area (Å²) in [4.78, 5) is 24.6. The zero-order chi connectivity index (χ0) is 14.5. The molecule has 20 heavy (non-hydrogen) atoms. The first-order valence-electron chi connectivity index (χ1n) is 6.65. The summed E-state index contributed by atoms with van der Waals surface area (Å²) >= 11 is 0. The summed E-state index contributed by atoms with van der Waals surface area (Å²) in [6.07, 6.45) is 4.88. The van der Waals surface area contributed by atoms with Crippen LogP contribution >= 0.6 is 0 Å². The lowest BCUT2D eigenvalue weighted by Crippen LogP contribution is -2.45. The van der Waals surface area contributed by atoms with Crippen molar-refractivity contribution < 1.29 is 19.8 Å². The maximum absolute atomic E-state index is 12.4. The predicted octanol–water partition coefficient (Wildman–Crippen LogP) is -0.260. The third-order valence-electron chi connectivity index (χ3n) is 3.39. The van der Waals surface area contributed by atoms with Crippen LogP contribution < -0.4 is 0 Å². The summed E-state index contributed by atoms with van der Waals surface area (Å²) in [7, 11) is 0. The highest BCUT2D eigenvalue weighted by molar-refractivity contribution is 5.92. The van der Waals surface area contributed by atoms with Crippen molar-refractivity contribution >= 4 is 11.9 Å². The summed E-state index contributed by atoms with van der Waals surface area (Å²) in [5.41, 5.74) is 0.149. The van der Waals surface area contributed by atoms with E-state index in [-0.39, 0.29) is 30.8 Å². The van der Waals surface area contributed by atoms with Crippen LogP contribution in [-0.2, 0) is 11.3 Å². The van der Waals surface area contributed by atoms with Crippen LogP contribution in [0.4, 0.5) is 0 Å². The van der Waals surface area contributed by atoms with E-state index < -0.39 is 5.97 Å². The fraction of sp³-hybridized carbons (Fsp3) is 0.667. The van der Waals surface area contributed by atoms with Crippen molar-refractivity contribution in [3.8, 4) is 0 Å². The second kappa shape index (κ2) is 6.47. The number of amides is 1. The van der Waals surface area contributed by atoms with E-state index in [0.29, 0.717) is 13.0 Å². The molecule has 110 valence electrons. The van der Waals surface area contributed by atoms with Gasteiger partial charge in [-0.1, -0.05) is 5.21 Å². The zero-order valence-corrected chi connectivity index (χ0v) is 11.1. The highest BCUT2D eigenvalue weighted by Gasteiger charge is 2.30. The van der Waals surface area contributed by atoms with Crippen molar-refractivity contribution in [1.82, 2.24) is 19.9 Å². The molecule has 0 aliphatic heterocycles. The highest BCUT2D eigenvalue weighted by atomic mass is 16.4. The van der Waals surface area contributed by atoms with Crippen molar-refractivity contribution in [2.24, 2.45) is 0 Å². The molecule has 1 aromatic rings. The molecule has 1 heterocycles. The molecule has 1 amide bonds. The van der Waals surface area contributed by atoms with Gasteiger partial charge in [0.05, 0.1) is 6.20 Å². The van der Waals surface area contributed by atoms with E-state index in [0.717, 1.165) is 23.9 Å². The van der Waals surface area contributed by atoms with E-state index in [1.165, 1.54) is 6.20 Å². The molecule has 0 aromatic carbocycles. The quantitative estimate of drug-likeness (QED) is 0.713. The number of aromatic nitrogens is 3. The Morgan fingerprint density at radius 3 is 2.75 bits per heavy atom. The Morgan fingerprint density at radius 2 is 2.20 bits per heavy atom. The molecule has 0 unspecified atom stereocenters. The van der Waals surface area contributed by atoms with Crippen molar-refractivity contribution in [3.63, 3.8) is 0 Å². The molecule has 8 nitrogen and oxygen atoms in total. The molecule has 0 spiro atoms. The third-order valence-corrected chi connectivity index (χ3v) is 3.39. The lowest BCUT2D eigenvalue weighted by molar-refractivity contribution is -0.137. The van der Waals surface area contributed by atoms with E-state index in [4.69, 9.17) is 10.2 Å². The van der Waals surface area contributed by atoms with E-state index in [1.54, 1.807) is 4.90 Å². The number of aliphatic hydroxyl groups excluding tert-OH is 1. The summed E-state index contributed by atoms with van der Waals surface area (Å²) in [6.45, 7) is 0.189. The van der Waals surface area contributed by atoms with Crippen LogP contribution in [-0.4, -0.2) is 61.2 Å². The van der Waals surface area contributed by atoms with Gasteiger partial charge in [-0.2, -0.15) is 0 Å². The maximum atomic E-state index is 12.4. The van der Waals surface area contributed by atoms with Crippen LogP contribution in [0, 0.1) is 0 Å². The summed E-state index contributed by atoms with van der Waals surface area (Å²) in [5, 5.41) is 24.9. The Kier molecular flexibility index (Phi) is 4.67. The lowest BCUT2D eigenvalue weighted by atomic mass is 9.91. The number of hydrogen-bond donors (Lipinski definition) is 2. The van der Waals surface area contributed by atoms with Crippen molar-refractivity contribution in [1.29, 1.82) is 0 Å². The number of carbonyl (C=O) groups is 2. The van der Waals surface area contributed by atoms with Gasteiger partial charge in [0.1, 0.15) is 6.54 Å². The van der Waals surface area contributed by atoms with Crippen molar-refractivity contribution in [2.45, 2.75) is 38.3 Å². The fourth-order valence-electron chi connectivity index (χ4n) is 2.15. The zero-order valence-electron chi connectivity index (χ0n) is 11.1. The number of aliphatic carboxylic acids is 1. The maximum Gasteiger partial charge on any atom is 0.325 e. The van der Waals surface area contributed by atoms with Crippen LogP contribution in [0.5, 0.6) is 0 Å². The molecule has 1 aromatic heterocycles. The standard InChI is InChI=1S/C12H18N4O4/c17-6-2-5-16(9-3-1-4-9)12(20)10-7-15(14-13-10)8-11(18)19/h7,9,17H,1-6,8H2,(H,18,19). The molecule has 2 N–H and O–H groups in total. The van der Waals surface area contributed by atoms with E-state index in [9.17, 15) is 9.59 Å². The monoisotopic (exact) mass is 282 g/mol. The van der Waals surface area contributed by atoms with Gasteiger partial charge in [-0.15, -0.1) is 5.10 Å². The first kappa shape index (κ1) is 14.4. The van der Waals surface area contributed by atoms with Gasteiger partial charge in [-0.3, -0.25) is 9.59 Å². The SMILES string of the molecule is O=C(O)Cn1cc(C(=O)N(CCCO)C2CCC2)nn1. The molecule has 8 heteroatoms. The third kappa shape index (κ3) is 3.32. The van der Waals surface area contributed by atoms with Gasteiger partial charge in [0.15, 0.2) is 5.69 Å². The summed E-state index contributed by atoms with van der Waals surface area (Å²) in [5.74, 6) is -1.29. The normalized spacial score (nSPS) is 14.8. The van der Waals surface area contributed by atoms with Crippen LogP contribution in [0.25, 0.3) is 0 Å². The predicted molar refractivity (Wildman–Crippen MR) is 68.0 cm³/mol. The van der Waals surface area contributed by atoms with Crippen molar-refractivity contribution in [2.75, 3.05) is 13.2 Å². The largest absolute Gasteiger partial charge is 0.480 e. The molecule has 1 aliphatic carbocycles. The number of hydrogen-bond acceptors (Lipinski definition) is 5. The smallest absolute Gasteiger partial charge is 0.325 e. The van der Waals surface area contributed by atoms with E-state index >= 15 is 0 Å². The van der Waals surface area contributed by atoms with Gasteiger partial charge < -0.3 is 15.1 Å². The van der Waals surface area contributed by atoms with E-state index in [2.05, 4.69) is 10.3 Å². The molecule has 1 fully saturated rings. The van der Waals surface area contributed by atoms with Gasteiger partial charge in [-0.05, 0) is 25.7 Å². The molecular weight excluding hydrogens is 264 g/mol. The topological polar surface area (TPSA) is 109 Å². The number of carbonyl (C=O) groups excluding carboxylic acids is 1. The van der Waals surface area contributed by atoms with E-state index in [1.807, 2.05) is 0 Å². The Hall–Kier alpha value is -1.96. The molecule has 2 rings (SSSR count). The minimum atomic E-state index is -1.04. The molecule has 1 aliphatic rings. The minimum Gasteiger partial charge on any atom is -0.480 e. The molecular formula is C12H18N4O4. The van der Waals surface area contributed by atoms with Crippen LogP contribution in [0.2, 0.25) is 0 Å². The molecule has 0 radical (unpaired) electrons. The Labute approximate surface area is 116 Å². The minimum absolute atomic E-state index is 0.0300. The molecule has 0 bridgehead atoms. The Bertz CT molecular complexity index is 484. The number of aliphatic hydroxyl groups is 1. The average Bonchev–Trinajstić information content (AvgIpc) is 2.78. The van der Waals surface area contributed by atoms with Crippen LogP contribution in [0.1, 0.15) is 36.2 Å². The summed E-state index contributed by atoms with van der Waals surface area (Å²) < 4.78 is 1.13. The van der Waals surface area contributed by atoms with Gasteiger partial charge in [0, 0.05) is 19.2 Å². The van der Waals surface area contributed by atoms with Crippen molar-refractivity contribution in [3.05, 3.63) is 11.9 Å². The number of rotatable bonds is 7.